The molecule has 0 atom stereocenters. The summed E-state index contributed by atoms with van der Waals surface area (Å²) in [5, 5.41) is 8.52. The Kier molecular flexibility index (Phi) is 2.74. The second-order valence-corrected chi connectivity index (χ2v) is 2.07. The van der Waals surface area contributed by atoms with E-state index in [0.717, 1.165) is 5.75 Å². The Bertz CT molecular complexity index is 225. The molecule has 1 rings (SSSR count). The van der Waals surface area contributed by atoms with Crippen molar-refractivity contribution < 1.29 is 9.94 Å². The van der Waals surface area contributed by atoms with Crippen LogP contribution in [0.4, 0.5) is 5.69 Å². The van der Waals surface area contributed by atoms with Crippen LogP contribution < -0.4 is 10.2 Å². The van der Waals surface area contributed by atoms with Crippen LogP contribution in [-0.4, -0.2) is 11.8 Å². The van der Waals surface area contributed by atoms with Crippen molar-refractivity contribution in [2.75, 3.05) is 12.1 Å². The quantitative estimate of drug-likeness (QED) is 0.651. The van der Waals surface area contributed by atoms with Crippen LogP contribution in [0.25, 0.3) is 0 Å². The predicted octanol–water partition coefficient (Wildman–Crippen LogP) is 1.89. The topological polar surface area (TPSA) is 41.5 Å². The Labute approximate surface area is 65.6 Å². The summed E-state index contributed by atoms with van der Waals surface area (Å²) < 4.78 is 5.20. The van der Waals surface area contributed by atoms with Crippen LogP contribution in [0.5, 0.6) is 5.75 Å². The molecule has 3 heteroatoms. The minimum atomic E-state index is 0.634. The van der Waals surface area contributed by atoms with E-state index in [-0.39, 0.29) is 0 Å². The maximum atomic E-state index is 8.52. The fraction of sp³-hybridized carbons (Fsp3) is 0.250. The van der Waals surface area contributed by atoms with Crippen molar-refractivity contribution in [1.29, 1.82) is 0 Å². The molecule has 2 N–H and O–H groups in total. The zero-order valence-electron chi connectivity index (χ0n) is 6.37. The third-order valence-corrected chi connectivity index (χ3v) is 1.27. The average Bonchev–Trinajstić information content (AvgIpc) is 2.06. The first-order chi connectivity index (χ1) is 5.36. The van der Waals surface area contributed by atoms with E-state index in [4.69, 9.17) is 9.94 Å². The summed E-state index contributed by atoms with van der Waals surface area (Å²) in [5.41, 5.74) is 2.68. The highest BCUT2D eigenvalue weighted by atomic mass is 16.5. The molecule has 0 unspecified atom stereocenters. The van der Waals surface area contributed by atoms with Gasteiger partial charge in [0.1, 0.15) is 5.75 Å². The number of rotatable bonds is 3. The number of anilines is 1. The molecule has 0 fully saturated rings. The summed E-state index contributed by atoms with van der Waals surface area (Å²) in [6.45, 7) is 2.55. The SMILES string of the molecule is CCOc1cccc(NO)c1. The smallest absolute Gasteiger partial charge is 0.121 e. The van der Waals surface area contributed by atoms with Crippen molar-refractivity contribution in [3.05, 3.63) is 24.3 Å². The lowest BCUT2D eigenvalue weighted by molar-refractivity contribution is 0.339. The van der Waals surface area contributed by atoms with Crippen LogP contribution in [0.2, 0.25) is 0 Å². The molecule has 0 bridgehead atoms. The molecular formula is C8H11NO2. The summed E-state index contributed by atoms with van der Waals surface area (Å²) in [7, 11) is 0. The average molecular weight is 153 g/mol. The van der Waals surface area contributed by atoms with E-state index in [2.05, 4.69) is 0 Å². The fourth-order valence-electron chi connectivity index (χ4n) is 0.822. The molecule has 11 heavy (non-hydrogen) atoms. The Balaban J connectivity index is 2.74. The summed E-state index contributed by atoms with van der Waals surface area (Å²) in [5.74, 6) is 0.756. The van der Waals surface area contributed by atoms with Gasteiger partial charge in [0, 0.05) is 6.07 Å². The molecule has 1 aromatic rings. The number of ether oxygens (including phenoxy) is 1. The van der Waals surface area contributed by atoms with Crippen LogP contribution in [0.1, 0.15) is 6.92 Å². The molecule has 0 saturated heterocycles. The molecular weight excluding hydrogens is 142 g/mol. The van der Waals surface area contributed by atoms with Gasteiger partial charge in [-0.2, -0.15) is 0 Å². The van der Waals surface area contributed by atoms with E-state index in [1.807, 2.05) is 24.5 Å². The van der Waals surface area contributed by atoms with Gasteiger partial charge in [-0.15, -0.1) is 0 Å². The highest BCUT2D eigenvalue weighted by Gasteiger charge is 1.92. The molecule has 0 spiro atoms. The molecule has 0 amide bonds. The number of benzene rings is 1. The van der Waals surface area contributed by atoms with Crippen molar-refractivity contribution >= 4 is 5.69 Å². The molecule has 3 nitrogen and oxygen atoms in total. The van der Waals surface area contributed by atoms with Gasteiger partial charge in [-0.05, 0) is 19.1 Å². The van der Waals surface area contributed by atoms with Crippen LogP contribution >= 0.6 is 0 Å². The Morgan fingerprint density at radius 2 is 2.36 bits per heavy atom. The molecule has 0 heterocycles. The number of hydrogen-bond donors (Lipinski definition) is 2. The standard InChI is InChI=1S/C8H11NO2/c1-2-11-8-5-3-4-7(6-8)9-10/h3-6,9-10H,2H2,1H3. The van der Waals surface area contributed by atoms with Gasteiger partial charge in [0.2, 0.25) is 0 Å². The lowest BCUT2D eigenvalue weighted by atomic mass is 10.3. The first kappa shape index (κ1) is 7.88. The van der Waals surface area contributed by atoms with Gasteiger partial charge in [-0.3, -0.25) is 10.7 Å². The third-order valence-electron chi connectivity index (χ3n) is 1.27. The molecule has 0 saturated carbocycles. The maximum Gasteiger partial charge on any atom is 0.121 e. The second-order valence-electron chi connectivity index (χ2n) is 2.07. The largest absolute Gasteiger partial charge is 0.494 e. The van der Waals surface area contributed by atoms with E-state index < -0.39 is 0 Å². The van der Waals surface area contributed by atoms with Gasteiger partial charge in [0.05, 0.1) is 12.3 Å². The lowest BCUT2D eigenvalue weighted by Gasteiger charge is -2.03. The zero-order chi connectivity index (χ0) is 8.10. The van der Waals surface area contributed by atoms with E-state index in [9.17, 15) is 0 Å². The van der Waals surface area contributed by atoms with Crippen molar-refractivity contribution in [2.45, 2.75) is 6.92 Å². The number of hydrogen-bond acceptors (Lipinski definition) is 3. The van der Waals surface area contributed by atoms with Crippen LogP contribution in [0, 0.1) is 0 Å². The fourth-order valence-corrected chi connectivity index (χ4v) is 0.822. The van der Waals surface area contributed by atoms with Gasteiger partial charge in [-0.25, -0.2) is 0 Å². The summed E-state index contributed by atoms with van der Waals surface area (Å²) in [4.78, 5) is 0. The molecule has 0 aliphatic rings. The van der Waals surface area contributed by atoms with E-state index in [1.165, 1.54) is 0 Å². The zero-order valence-corrected chi connectivity index (χ0v) is 6.37. The van der Waals surface area contributed by atoms with Gasteiger partial charge < -0.3 is 4.74 Å². The Morgan fingerprint density at radius 1 is 1.55 bits per heavy atom. The van der Waals surface area contributed by atoms with Gasteiger partial charge in [0.25, 0.3) is 0 Å². The predicted molar refractivity (Wildman–Crippen MR) is 43.0 cm³/mol. The normalized spacial score (nSPS) is 9.27. The Morgan fingerprint density at radius 3 is 3.00 bits per heavy atom. The van der Waals surface area contributed by atoms with E-state index in [0.29, 0.717) is 12.3 Å². The summed E-state index contributed by atoms with van der Waals surface area (Å²) in [6, 6.07) is 7.12. The highest BCUT2D eigenvalue weighted by molar-refractivity contribution is 5.46. The Hall–Kier alpha value is -1.22. The van der Waals surface area contributed by atoms with Gasteiger partial charge in [0.15, 0.2) is 0 Å². The maximum absolute atomic E-state index is 8.52. The lowest BCUT2D eigenvalue weighted by Crippen LogP contribution is -1.93. The van der Waals surface area contributed by atoms with E-state index >= 15 is 0 Å². The highest BCUT2D eigenvalue weighted by Crippen LogP contribution is 2.16. The summed E-state index contributed by atoms with van der Waals surface area (Å²) in [6.07, 6.45) is 0. The molecule has 0 radical (unpaired) electrons. The van der Waals surface area contributed by atoms with E-state index in [1.54, 1.807) is 12.1 Å². The minimum absolute atomic E-state index is 0.634. The molecule has 0 aromatic heterocycles. The number of nitrogens with one attached hydrogen (secondary N) is 1. The third kappa shape index (κ3) is 2.13. The van der Waals surface area contributed by atoms with Crippen molar-refractivity contribution in [3.8, 4) is 5.75 Å². The second kappa shape index (κ2) is 3.83. The van der Waals surface area contributed by atoms with Crippen molar-refractivity contribution in [2.24, 2.45) is 0 Å². The molecule has 60 valence electrons. The molecule has 0 aliphatic heterocycles. The molecule has 1 aromatic carbocycles. The van der Waals surface area contributed by atoms with Crippen LogP contribution in [0.3, 0.4) is 0 Å². The summed E-state index contributed by atoms with van der Waals surface area (Å²) >= 11 is 0. The van der Waals surface area contributed by atoms with Crippen LogP contribution in [-0.2, 0) is 0 Å². The molecule has 0 aliphatic carbocycles. The van der Waals surface area contributed by atoms with Crippen molar-refractivity contribution in [1.82, 2.24) is 0 Å². The minimum Gasteiger partial charge on any atom is -0.494 e. The van der Waals surface area contributed by atoms with Gasteiger partial charge >= 0.3 is 0 Å². The monoisotopic (exact) mass is 153 g/mol. The first-order valence-corrected chi connectivity index (χ1v) is 3.49. The first-order valence-electron chi connectivity index (χ1n) is 3.49. The van der Waals surface area contributed by atoms with Gasteiger partial charge in [-0.1, -0.05) is 6.07 Å². The van der Waals surface area contributed by atoms with Crippen LogP contribution in [0.15, 0.2) is 24.3 Å². The van der Waals surface area contributed by atoms with Crippen molar-refractivity contribution in [3.63, 3.8) is 0 Å².